The molecule has 0 aliphatic heterocycles. The zero-order valence-corrected chi connectivity index (χ0v) is 10.0. The van der Waals surface area contributed by atoms with Crippen LogP contribution in [0.4, 0.5) is 4.79 Å². The van der Waals surface area contributed by atoms with Crippen LogP contribution in [0.3, 0.4) is 0 Å². The summed E-state index contributed by atoms with van der Waals surface area (Å²) >= 11 is 0. The number of aliphatic carboxylic acids is 1. The molecule has 0 rings (SSSR count). The van der Waals surface area contributed by atoms with Crippen LogP contribution in [0.5, 0.6) is 0 Å². The second-order valence-electron chi connectivity index (χ2n) is 3.40. The lowest BCUT2D eigenvalue weighted by Crippen LogP contribution is -2.45. The van der Waals surface area contributed by atoms with E-state index in [1.165, 1.54) is 17.1 Å². The Morgan fingerprint density at radius 1 is 1.17 bits per heavy atom. The quantitative estimate of drug-likeness (QED) is 0.511. The molecule has 0 aliphatic carbocycles. The van der Waals surface area contributed by atoms with Gasteiger partial charge in [-0.25, -0.2) is 4.79 Å². The summed E-state index contributed by atoms with van der Waals surface area (Å²) < 4.78 is 0. The molecule has 0 unspecified atom stereocenters. The molecule has 0 aliphatic rings. The van der Waals surface area contributed by atoms with Gasteiger partial charge < -0.3 is 10.4 Å². The van der Waals surface area contributed by atoms with E-state index in [-0.39, 0.29) is 26.2 Å². The highest BCUT2D eigenvalue weighted by molar-refractivity contribution is 5.95. The van der Waals surface area contributed by atoms with E-state index >= 15 is 0 Å². The van der Waals surface area contributed by atoms with E-state index in [0.717, 1.165) is 0 Å². The largest absolute Gasteiger partial charge is 0.480 e. The molecule has 0 aromatic carbocycles. The van der Waals surface area contributed by atoms with Crippen molar-refractivity contribution in [1.29, 1.82) is 0 Å². The van der Waals surface area contributed by atoms with Crippen LogP contribution in [0.25, 0.3) is 0 Å². The highest BCUT2D eigenvalue weighted by Crippen LogP contribution is 1.88. The molecule has 0 saturated carbocycles. The van der Waals surface area contributed by atoms with E-state index < -0.39 is 17.9 Å². The third-order valence-corrected chi connectivity index (χ3v) is 1.77. The van der Waals surface area contributed by atoms with Crippen LogP contribution in [0.15, 0.2) is 25.3 Å². The molecule has 18 heavy (non-hydrogen) atoms. The molecule has 0 fully saturated rings. The lowest BCUT2D eigenvalue weighted by molar-refractivity contribution is -0.138. The van der Waals surface area contributed by atoms with Crippen molar-refractivity contribution < 1.29 is 19.5 Å². The molecule has 0 atom stereocenters. The van der Waals surface area contributed by atoms with Gasteiger partial charge in [-0.15, -0.1) is 13.2 Å². The van der Waals surface area contributed by atoms with Gasteiger partial charge in [0.15, 0.2) is 0 Å². The van der Waals surface area contributed by atoms with Gasteiger partial charge in [0.05, 0.1) is 13.1 Å². The van der Waals surface area contributed by atoms with Crippen LogP contribution in [0.2, 0.25) is 0 Å². The second kappa shape index (κ2) is 8.94. The summed E-state index contributed by atoms with van der Waals surface area (Å²) in [5.74, 6) is -1.64. The normalized spacial score (nSPS) is 9.61. The van der Waals surface area contributed by atoms with Gasteiger partial charge in [0.1, 0.15) is 0 Å². The number of rotatable bonds is 8. The van der Waals surface area contributed by atoms with Gasteiger partial charge in [-0.3, -0.25) is 19.8 Å². The summed E-state index contributed by atoms with van der Waals surface area (Å²) in [5, 5.41) is 13.1. The molecule has 100 valence electrons. The number of amides is 3. The highest BCUT2D eigenvalue weighted by atomic mass is 16.4. The van der Waals surface area contributed by atoms with E-state index in [1.54, 1.807) is 0 Å². The van der Waals surface area contributed by atoms with E-state index in [2.05, 4.69) is 23.8 Å². The van der Waals surface area contributed by atoms with Gasteiger partial charge in [-0.05, 0) is 0 Å². The average molecular weight is 255 g/mol. The Morgan fingerprint density at radius 3 is 2.33 bits per heavy atom. The third kappa shape index (κ3) is 8.05. The topological polar surface area (TPSA) is 98.7 Å². The number of nitrogens with one attached hydrogen (secondary N) is 2. The number of nitrogens with zero attached hydrogens (tertiary/aromatic N) is 1. The maximum Gasteiger partial charge on any atom is 0.321 e. The Balaban J connectivity index is 4.15. The Bertz CT molecular complexity index is 341. The zero-order chi connectivity index (χ0) is 14.0. The van der Waals surface area contributed by atoms with Crippen molar-refractivity contribution in [2.75, 3.05) is 26.2 Å². The van der Waals surface area contributed by atoms with Crippen LogP contribution in [-0.4, -0.2) is 54.1 Å². The van der Waals surface area contributed by atoms with Crippen LogP contribution in [0.1, 0.15) is 0 Å². The molecule has 0 aromatic heterocycles. The zero-order valence-electron chi connectivity index (χ0n) is 10.0. The first-order chi connectivity index (χ1) is 8.49. The Kier molecular flexibility index (Phi) is 7.87. The van der Waals surface area contributed by atoms with Crippen LogP contribution in [-0.2, 0) is 9.59 Å². The van der Waals surface area contributed by atoms with Crippen molar-refractivity contribution in [2.45, 2.75) is 0 Å². The Hall–Kier alpha value is -2.15. The molecular formula is C11H17N3O4. The number of carbonyl (C=O) groups is 3. The Labute approximate surface area is 105 Å². The fourth-order valence-electron chi connectivity index (χ4n) is 1.14. The summed E-state index contributed by atoms with van der Waals surface area (Å²) in [5.41, 5.74) is 0. The minimum absolute atomic E-state index is 0.195. The number of carboxylic acid groups (broad SMARTS) is 1. The lowest BCUT2D eigenvalue weighted by Gasteiger charge is -2.17. The number of carboxylic acids is 1. The highest BCUT2D eigenvalue weighted by Gasteiger charge is 2.14. The van der Waals surface area contributed by atoms with Gasteiger partial charge in [0, 0.05) is 13.1 Å². The molecule has 0 radical (unpaired) electrons. The molecule has 0 aromatic rings. The van der Waals surface area contributed by atoms with Crippen molar-refractivity contribution in [3.8, 4) is 0 Å². The molecule has 7 heteroatoms. The molecule has 7 nitrogen and oxygen atoms in total. The van der Waals surface area contributed by atoms with E-state index in [1.807, 2.05) is 0 Å². The van der Waals surface area contributed by atoms with Crippen molar-refractivity contribution in [1.82, 2.24) is 15.5 Å². The average Bonchev–Trinajstić information content (AvgIpc) is 2.25. The number of urea groups is 1. The van der Waals surface area contributed by atoms with Crippen molar-refractivity contribution in [3.63, 3.8) is 0 Å². The number of carbonyl (C=O) groups excluding carboxylic acids is 2. The second-order valence-corrected chi connectivity index (χ2v) is 3.40. The van der Waals surface area contributed by atoms with Crippen molar-refractivity contribution >= 4 is 17.9 Å². The van der Waals surface area contributed by atoms with Crippen LogP contribution >= 0.6 is 0 Å². The van der Waals surface area contributed by atoms with Gasteiger partial charge >= 0.3 is 12.0 Å². The fraction of sp³-hybridized carbons (Fsp3) is 0.364. The first-order valence-electron chi connectivity index (χ1n) is 5.23. The summed E-state index contributed by atoms with van der Waals surface area (Å²) in [6.07, 6.45) is 2.95. The predicted octanol–water partition coefficient (Wildman–Crippen LogP) is -0.429. The minimum Gasteiger partial charge on any atom is -0.480 e. The maximum atomic E-state index is 11.4. The number of imide groups is 1. The molecule has 0 saturated heterocycles. The standard InChI is InChI=1S/C11H17N3O4/c1-3-5-12-11(18)13-9(15)7-14(6-4-2)8-10(16)17/h3-4H,1-2,5-8H2,(H,16,17)(H2,12,13,15,18). The smallest absolute Gasteiger partial charge is 0.321 e. The first-order valence-corrected chi connectivity index (χ1v) is 5.23. The van der Waals surface area contributed by atoms with E-state index in [9.17, 15) is 14.4 Å². The summed E-state index contributed by atoms with van der Waals surface area (Å²) in [6, 6.07) is -0.645. The molecule has 0 bridgehead atoms. The Morgan fingerprint density at radius 2 is 1.83 bits per heavy atom. The van der Waals surface area contributed by atoms with Crippen molar-refractivity contribution in [3.05, 3.63) is 25.3 Å². The van der Waals surface area contributed by atoms with Gasteiger partial charge in [0.25, 0.3) is 0 Å². The summed E-state index contributed by atoms with van der Waals surface area (Å²) in [6.45, 7) is 6.86. The molecule has 3 amide bonds. The minimum atomic E-state index is -1.05. The van der Waals surface area contributed by atoms with Gasteiger partial charge in [0.2, 0.25) is 5.91 Å². The fourth-order valence-corrected chi connectivity index (χ4v) is 1.14. The van der Waals surface area contributed by atoms with Gasteiger partial charge in [-0.2, -0.15) is 0 Å². The van der Waals surface area contributed by atoms with Gasteiger partial charge in [-0.1, -0.05) is 12.2 Å². The molecule has 3 N–H and O–H groups in total. The van der Waals surface area contributed by atoms with E-state index in [4.69, 9.17) is 5.11 Å². The molecular weight excluding hydrogens is 238 g/mol. The maximum absolute atomic E-state index is 11.4. The SMILES string of the molecule is C=CCNC(=O)NC(=O)CN(CC=C)CC(=O)O. The molecule has 0 spiro atoms. The van der Waals surface area contributed by atoms with Crippen LogP contribution < -0.4 is 10.6 Å². The van der Waals surface area contributed by atoms with Crippen molar-refractivity contribution in [2.24, 2.45) is 0 Å². The summed E-state index contributed by atoms with van der Waals surface area (Å²) in [7, 11) is 0. The van der Waals surface area contributed by atoms with E-state index in [0.29, 0.717) is 0 Å². The monoisotopic (exact) mass is 255 g/mol. The number of hydrogen-bond acceptors (Lipinski definition) is 4. The first kappa shape index (κ1) is 15.9. The summed E-state index contributed by atoms with van der Waals surface area (Å²) in [4.78, 5) is 34.4. The lowest BCUT2D eigenvalue weighted by atomic mass is 10.4. The number of hydrogen-bond donors (Lipinski definition) is 3. The van der Waals surface area contributed by atoms with Crippen LogP contribution in [0, 0.1) is 0 Å². The molecule has 0 heterocycles. The predicted molar refractivity (Wildman–Crippen MR) is 66.0 cm³/mol. The third-order valence-electron chi connectivity index (χ3n) is 1.77.